The van der Waals surface area contributed by atoms with E-state index >= 15 is 0 Å². The SMILES string of the molecule is C=C[C@@H](N[S@+]([O-])C(C)(C)C)c1cc([N+](=O)[O-])cc(C(F)(F)F)c1. The minimum atomic E-state index is -4.73. The maximum Gasteiger partial charge on any atom is 0.416 e. The molecule has 0 amide bonds. The fraction of sp³-hybridized carbons (Fsp3) is 0.429. The van der Waals surface area contributed by atoms with Gasteiger partial charge in [-0.1, -0.05) is 6.08 Å². The number of nitro benzene ring substituents is 1. The van der Waals surface area contributed by atoms with Crippen LogP contribution in [-0.4, -0.2) is 14.2 Å². The summed E-state index contributed by atoms with van der Waals surface area (Å²) in [5.74, 6) is 0. The van der Waals surface area contributed by atoms with Gasteiger partial charge in [0.25, 0.3) is 5.69 Å². The molecule has 0 heterocycles. The van der Waals surface area contributed by atoms with Crippen LogP contribution in [0.4, 0.5) is 18.9 Å². The van der Waals surface area contributed by atoms with Gasteiger partial charge in [0, 0.05) is 23.5 Å². The van der Waals surface area contributed by atoms with E-state index in [0.717, 1.165) is 12.1 Å². The summed E-state index contributed by atoms with van der Waals surface area (Å²) in [5, 5.41) is 10.9. The molecule has 1 N–H and O–H groups in total. The van der Waals surface area contributed by atoms with Crippen LogP contribution in [0.25, 0.3) is 0 Å². The molecule has 0 unspecified atom stereocenters. The number of hydrogen-bond donors (Lipinski definition) is 1. The van der Waals surface area contributed by atoms with Gasteiger partial charge >= 0.3 is 6.18 Å². The lowest BCUT2D eigenvalue weighted by molar-refractivity contribution is -0.385. The molecule has 0 aromatic heterocycles. The summed E-state index contributed by atoms with van der Waals surface area (Å²) in [5.41, 5.74) is -1.86. The quantitative estimate of drug-likeness (QED) is 0.378. The van der Waals surface area contributed by atoms with Gasteiger partial charge in [0.15, 0.2) is 0 Å². The van der Waals surface area contributed by atoms with E-state index in [-0.39, 0.29) is 5.56 Å². The first-order valence-corrected chi connectivity index (χ1v) is 7.68. The van der Waals surface area contributed by atoms with E-state index in [9.17, 15) is 27.8 Å². The first-order valence-electron chi connectivity index (χ1n) is 6.53. The zero-order valence-corrected chi connectivity index (χ0v) is 13.6. The zero-order chi connectivity index (χ0) is 18.0. The highest BCUT2D eigenvalue weighted by Gasteiger charge is 2.34. The number of nitrogens with zero attached hydrogens (tertiary/aromatic N) is 1. The second-order valence-electron chi connectivity index (χ2n) is 5.78. The molecular formula is C14H17F3N2O3S. The number of benzene rings is 1. The zero-order valence-electron chi connectivity index (χ0n) is 12.8. The van der Waals surface area contributed by atoms with E-state index in [0.29, 0.717) is 6.07 Å². The lowest BCUT2D eigenvalue weighted by Gasteiger charge is -2.27. The van der Waals surface area contributed by atoms with Gasteiger partial charge in [-0.05, 0) is 32.4 Å². The van der Waals surface area contributed by atoms with Crippen molar-refractivity contribution < 1.29 is 22.6 Å². The number of nitrogens with one attached hydrogen (secondary N) is 1. The monoisotopic (exact) mass is 350 g/mol. The van der Waals surface area contributed by atoms with Gasteiger partial charge in [-0.25, -0.2) is 0 Å². The third kappa shape index (κ3) is 5.22. The van der Waals surface area contributed by atoms with Gasteiger partial charge in [-0.15, -0.1) is 11.3 Å². The second kappa shape index (κ2) is 6.90. The highest BCUT2D eigenvalue weighted by Crippen LogP contribution is 2.34. The first-order chi connectivity index (χ1) is 10.4. The molecule has 2 atom stereocenters. The molecule has 1 aromatic rings. The average molecular weight is 350 g/mol. The van der Waals surface area contributed by atoms with Crippen LogP contribution in [0, 0.1) is 10.1 Å². The lowest BCUT2D eigenvalue weighted by Crippen LogP contribution is -2.40. The van der Waals surface area contributed by atoms with Crippen LogP contribution >= 0.6 is 0 Å². The number of halogens is 3. The fourth-order valence-electron chi connectivity index (χ4n) is 1.63. The van der Waals surface area contributed by atoms with Crippen molar-refractivity contribution in [2.75, 3.05) is 0 Å². The Labute approximate surface area is 135 Å². The summed E-state index contributed by atoms with van der Waals surface area (Å²) in [4.78, 5) is 9.95. The maximum atomic E-state index is 12.9. The fourth-order valence-corrected chi connectivity index (χ4v) is 2.44. The highest BCUT2D eigenvalue weighted by molar-refractivity contribution is 7.90. The minimum absolute atomic E-state index is 0.0286. The van der Waals surface area contributed by atoms with Crippen LogP contribution in [0.15, 0.2) is 30.9 Å². The van der Waals surface area contributed by atoms with Gasteiger partial charge in [-0.3, -0.25) is 10.1 Å². The van der Waals surface area contributed by atoms with Crippen LogP contribution in [0.1, 0.15) is 37.9 Å². The predicted molar refractivity (Wildman–Crippen MR) is 82.1 cm³/mol. The molecule has 1 rings (SSSR count). The molecule has 0 fully saturated rings. The van der Waals surface area contributed by atoms with Crippen molar-refractivity contribution in [2.24, 2.45) is 0 Å². The topological polar surface area (TPSA) is 78.2 Å². The first kappa shape index (κ1) is 19.5. The van der Waals surface area contributed by atoms with Gasteiger partial charge < -0.3 is 4.55 Å². The minimum Gasteiger partial charge on any atom is -0.598 e. The molecule has 1 aromatic carbocycles. The molecule has 0 radical (unpaired) electrons. The van der Waals surface area contributed by atoms with E-state index in [4.69, 9.17) is 0 Å². The molecule has 128 valence electrons. The summed E-state index contributed by atoms with van der Waals surface area (Å²) in [6.07, 6.45) is -3.47. The normalized spacial score (nSPS) is 15.1. The van der Waals surface area contributed by atoms with Crippen LogP contribution < -0.4 is 4.72 Å². The third-order valence-corrected chi connectivity index (χ3v) is 4.44. The number of alkyl halides is 3. The van der Waals surface area contributed by atoms with Crippen molar-refractivity contribution in [1.29, 1.82) is 0 Å². The summed E-state index contributed by atoms with van der Waals surface area (Å²) < 4.78 is 52.8. The molecular weight excluding hydrogens is 333 g/mol. The molecule has 0 aliphatic carbocycles. The largest absolute Gasteiger partial charge is 0.598 e. The molecule has 9 heteroatoms. The molecule has 0 aliphatic heterocycles. The van der Waals surface area contributed by atoms with Crippen molar-refractivity contribution in [2.45, 2.75) is 37.7 Å². The van der Waals surface area contributed by atoms with Crippen LogP contribution in [0.5, 0.6) is 0 Å². The Morgan fingerprint density at radius 2 is 1.87 bits per heavy atom. The molecule has 0 saturated heterocycles. The highest BCUT2D eigenvalue weighted by atomic mass is 32.2. The summed E-state index contributed by atoms with van der Waals surface area (Å²) in [7, 11) is 0. The third-order valence-electron chi connectivity index (χ3n) is 2.86. The Bertz CT molecular complexity index is 600. The average Bonchev–Trinajstić information content (AvgIpc) is 2.41. The Hall–Kier alpha value is -1.58. The van der Waals surface area contributed by atoms with Gasteiger partial charge in [0.1, 0.15) is 4.75 Å². The summed E-state index contributed by atoms with van der Waals surface area (Å²) in [6, 6.07) is 1.33. The standard InChI is InChI=1S/C14H17F3N2O3S/c1-5-12(18-23(22)13(2,3)4)9-6-10(14(15,16)17)8-11(7-9)19(20)21/h5-8,12,18H,1H2,2-4H3/t12-,23-/m1/s1. The Morgan fingerprint density at radius 3 is 2.26 bits per heavy atom. The maximum absolute atomic E-state index is 12.9. The number of rotatable bonds is 5. The lowest BCUT2D eigenvalue weighted by atomic mass is 10.0. The van der Waals surface area contributed by atoms with Crippen molar-refractivity contribution in [3.8, 4) is 0 Å². The molecule has 0 spiro atoms. The summed E-state index contributed by atoms with van der Waals surface area (Å²) >= 11 is -1.59. The van der Waals surface area contributed by atoms with Gasteiger partial charge in [-0.2, -0.15) is 13.2 Å². The number of nitro groups is 1. The van der Waals surface area contributed by atoms with Crippen molar-refractivity contribution in [1.82, 2.24) is 4.72 Å². The predicted octanol–water partition coefficient (Wildman–Crippen LogP) is 3.89. The van der Waals surface area contributed by atoms with E-state index in [1.807, 2.05) is 0 Å². The van der Waals surface area contributed by atoms with Gasteiger partial charge in [0.2, 0.25) is 0 Å². The second-order valence-corrected chi connectivity index (χ2v) is 7.78. The Balaban J connectivity index is 3.30. The van der Waals surface area contributed by atoms with Crippen LogP contribution in [0.3, 0.4) is 0 Å². The molecule has 0 saturated carbocycles. The van der Waals surface area contributed by atoms with Crippen LogP contribution in [-0.2, 0) is 17.5 Å². The van der Waals surface area contributed by atoms with Crippen molar-refractivity contribution in [3.63, 3.8) is 0 Å². The number of hydrogen-bond acceptors (Lipinski definition) is 4. The van der Waals surface area contributed by atoms with E-state index < -0.39 is 44.5 Å². The molecule has 23 heavy (non-hydrogen) atoms. The summed E-state index contributed by atoms with van der Waals surface area (Å²) in [6.45, 7) is 8.55. The molecule has 0 bridgehead atoms. The van der Waals surface area contributed by atoms with Gasteiger partial charge in [0.05, 0.1) is 16.5 Å². The molecule has 5 nitrogen and oxygen atoms in total. The van der Waals surface area contributed by atoms with Crippen molar-refractivity contribution in [3.05, 3.63) is 52.1 Å². The smallest absolute Gasteiger partial charge is 0.416 e. The van der Waals surface area contributed by atoms with E-state index in [2.05, 4.69) is 11.3 Å². The van der Waals surface area contributed by atoms with E-state index in [1.54, 1.807) is 20.8 Å². The molecule has 0 aliphatic rings. The number of non-ortho nitro benzene ring substituents is 1. The van der Waals surface area contributed by atoms with E-state index in [1.165, 1.54) is 6.08 Å². The van der Waals surface area contributed by atoms with Crippen molar-refractivity contribution >= 4 is 17.0 Å². The van der Waals surface area contributed by atoms with Crippen LogP contribution in [0.2, 0.25) is 0 Å². The Kier molecular flexibility index (Phi) is 5.84. The Morgan fingerprint density at radius 1 is 1.30 bits per heavy atom.